The van der Waals surface area contributed by atoms with Gasteiger partial charge in [0.05, 0.1) is 28.9 Å². The van der Waals surface area contributed by atoms with E-state index in [1.54, 1.807) is 24.3 Å². The molecule has 1 saturated carbocycles. The molecule has 4 aromatic rings. The molecule has 3 heterocycles. The van der Waals surface area contributed by atoms with Gasteiger partial charge in [-0.1, -0.05) is 29.4 Å². The van der Waals surface area contributed by atoms with Gasteiger partial charge in [0.25, 0.3) is 12.1 Å². The molecule has 2 N–H and O–H groups in total. The molecule has 0 spiro atoms. The molecule has 16 heteroatoms. The number of amides is 1. The Morgan fingerprint density at radius 3 is 2.46 bits per heavy atom. The molecule has 0 saturated heterocycles. The molecule has 2 aromatic carbocycles. The van der Waals surface area contributed by atoms with Crippen LogP contribution in [0.2, 0.25) is 0 Å². The van der Waals surface area contributed by atoms with E-state index < -0.39 is 51.7 Å². The molecule has 1 aliphatic heterocycles. The number of nitrogens with two attached hydrogens (primary N) is 1. The van der Waals surface area contributed by atoms with Gasteiger partial charge in [0.1, 0.15) is 0 Å². The van der Waals surface area contributed by atoms with Gasteiger partial charge >= 0.3 is 6.18 Å². The SMILES string of the molecule is N[C@H]1CS(=O)(=O)c2ccc(-c3nnc(C(F)C(F)(F)F)o3)cc2N(Cc2ccc(-c3noc(C4CC4)n3)cc2)C1=O. The van der Waals surface area contributed by atoms with E-state index in [9.17, 15) is 30.8 Å². The maximum atomic E-state index is 13.7. The number of hydrogen-bond acceptors (Lipinski definition) is 10. The molecular formula is C25H20F4N6O5S. The number of fused-ring (bicyclic) bond motifs is 1. The Hall–Kier alpha value is -4.18. The Morgan fingerprint density at radius 1 is 1.07 bits per heavy atom. The first kappa shape index (κ1) is 27.0. The van der Waals surface area contributed by atoms with E-state index in [0.29, 0.717) is 22.8 Å². The predicted molar refractivity (Wildman–Crippen MR) is 133 cm³/mol. The second kappa shape index (κ2) is 9.73. The summed E-state index contributed by atoms with van der Waals surface area (Å²) in [7, 11) is -4.04. The Kier molecular flexibility index (Phi) is 6.41. The lowest BCUT2D eigenvalue weighted by atomic mass is 10.1. The van der Waals surface area contributed by atoms with Gasteiger partial charge in [-0.2, -0.15) is 18.2 Å². The zero-order valence-corrected chi connectivity index (χ0v) is 21.7. The van der Waals surface area contributed by atoms with Gasteiger partial charge < -0.3 is 19.6 Å². The molecule has 2 aromatic heterocycles. The third-order valence-corrected chi connectivity index (χ3v) is 8.49. The summed E-state index contributed by atoms with van der Waals surface area (Å²) in [5.41, 5.74) is 7.10. The van der Waals surface area contributed by atoms with Gasteiger partial charge in [-0.3, -0.25) is 4.79 Å². The average Bonchev–Trinajstić information content (AvgIpc) is 3.47. The lowest BCUT2D eigenvalue weighted by molar-refractivity contribution is -0.188. The maximum absolute atomic E-state index is 13.7. The number of carbonyl (C=O) groups excluding carboxylic acids is 1. The number of rotatable bonds is 6. The van der Waals surface area contributed by atoms with Gasteiger partial charge in [-0.05, 0) is 36.6 Å². The summed E-state index contributed by atoms with van der Waals surface area (Å²) in [5.74, 6) is -1.89. The standard InChI is InChI=1S/C25H20F4N6O5S/c26-19(25(27,28)29)23-33-32-22(39-23)15-7-8-18-17(9-15)35(24(36)16(30)11-41(18,37)38)10-12-1-3-13(4-2-12)20-31-21(40-34-20)14-5-6-14/h1-4,7-9,14,16,19H,5-6,10-11,30H2/t16-,19?/m0/s1. The Balaban J connectivity index is 1.34. The van der Waals surface area contributed by atoms with E-state index in [1.807, 2.05) is 0 Å². The van der Waals surface area contributed by atoms with Gasteiger partial charge in [-0.25, -0.2) is 12.8 Å². The molecule has 0 radical (unpaired) electrons. The van der Waals surface area contributed by atoms with Crippen LogP contribution < -0.4 is 10.6 Å². The first-order valence-electron chi connectivity index (χ1n) is 12.3. The normalized spacial score (nSPS) is 19.6. The number of halogens is 4. The number of alkyl halides is 4. The fourth-order valence-corrected chi connectivity index (χ4v) is 5.95. The van der Waals surface area contributed by atoms with Crippen molar-refractivity contribution < 1.29 is 39.7 Å². The zero-order valence-electron chi connectivity index (χ0n) is 20.9. The number of hydrogen-bond donors (Lipinski definition) is 1. The van der Waals surface area contributed by atoms with E-state index in [1.165, 1.54) is 12.1 Å². The van der Waals surface area contributed by atoms with Gasteiger partial charge in [0.15, 0.2) is 9.84 Å². The van der Waals surface area contributed by atoms with Crippen LogP contribution in [0.4, 0.5) is 23.2 Å². The smallest absolute Gasteiger partial charge is 0.417 e. The minimum Gasteiger partial charge on any atom is -0.417 e. The van der Waals surface area contributed by atoms with E-state index >= 15 is 0 Å². The van der Waals surface area contributed by atoms with Crippen LogP contribution in [0.15, 0.2) is 56.3 Å². The summed E-state index contributed by atoms with van der Waals surface area (Å²) in [5, 5.41) is 10.6. The van der Waals surface area contributed by atoms with Crippen LogP contribution in [0, 0.1) is 0 Å². The largest absolute Gasteiger partial charge is 0.428 e. The molecule has 6 rings (SSSR count). The van der Waals surface area contributed by atoms with Gasteiger partial charge in [0.2, 0.25) is 23.5 Å². The fraction of sp³-hybridized carbons (Fsp3) is 0.320. The third-order valence-electron chi connectivity index (χ3n) is 6.68. The Labute approximate surface area is 229 Å². The number of nitrogens with zero attached hydrogens (tertiary/aromatic N) is 5. The molecule has 41 heavy (non-hydrogen) atoms. The van der Waals surface area contributed by atoms with Crippen LogP contribution in [0.5, 0.6) is 0 Å². The molecule has 2 aliphatic rings. The van der Waals surface area contributed by atoms with Crippen molar-refractivity contribution in [2.75, 3.05) is 10.7 Å². The second-order valence-electron chi connectivity index (χ2n) is 9.77. The Morgan fingerprint density at radius 2 is 1.78 bits per heavy atom. The van der Waals surface area contributed by atoms with E-state index in [2.05, 4.69) is 20.3 Å². The third kappa shape index (κ3) is 5.19. The maximum Gasteiger partial charge on any atom is 0.428 e. The number of sulfone groups is 1. The lowest BCUT2D eigenvalue weighted by Crippen LogP contribution is -2.45. The van der Waals surface area contributed by atoms with E-state index in [0.717, 1.165) is 23.8 Å². The molecular weight excluding hydrogens is 572 g/mol. The number of aromatic nitrogens is 4. The summed E-state index contributed by atoms with van der Waals surface area (Å²) in [6.07, 6.45) is -6.76. The molecule has 0 bridgehead atoms. The van der Waals surface area contributed by atoms with Gasteiger partial charge in [0, 0.05) is 17.0 Å². The monoisotopic (exact) mass is 592 g/mol. The van der Waals surface area contributed by atoms with Crippen LogP contribution in [-0.4, -0.2) is 52.6 Å². The van der Waals surface area contributed by atoms with Gasteiger partial charge in [-0.15, -0.1) is 10.2 Å². The highest BCUT2D eigenvalue weighted by atomic mass is 32.2. The highest BCUT2D eigenvalue weighted by molar-refractivity contribution is 7.91. The molecule has 214 valence electrons. The minimum atomic E-state index is -5.26. The molecule has 1 fully saturated rings. The summed E-state index contributed by atoms with van der Waals surface area (Å²) in [6, 6.07) is 9.04. The van der Waals surface area contributed by atoms with Crippen molar-refractivity contribution >= 4 is 21.4 Å². The minimum absolute atomic E-state index is 0.0285. The van der Waals surface area contributed by atoms with Crippen molar-refractivity contribution in [2.45, 2.75) is 48.6 Å². The topological polar surface area (TPSA) is 158 Å². The molecule has 1 aliphatic carbocycles. The molecule has 1 amide bonds. The van der Waals surface area contributed by atoms with Crippen LogP contribution in [0.25, 0.3) is 22.8 Å². The predicted octanol–water partition coefficient (Wildman–Crippen LogP) is 3.88. The van der Waals surface area contributed by atoms with Crippen molar-refractivity contribution in [3.05, 3.63) is 59.8 Å². The van der Waals surface area contributed by atoms with Crippen LogP contribution in [-0.2, 0) is 21.2 Å². The quantitative estimate of drug-likeness (QED) is 0.326. The van der Waals surface area contributed by atoms with E-state index in [4.69, 9.17) is 14.7 Å². The van der Waals surface area contributed by atoms with Crippen LogP contribution >= 0.6 is 0 Å². The summed E-state index contributed by atoms with van der Waals surface area (Å²) in [6.45, 7) is -0.103. The molecule has 2 atom stereocenters. The second-order valence-corrected chi connectivity index (χ2v) is 11.8. The Bertz CT molecular complexity index is 1730. The zero-order chi connectivity index (χ0) is 29.1. The van der Waals surface area contributed by atoms with Crippen LogP contribution in [0.1, 0.15) is 42.3 Å². The number of benzene rings is 2. The number of carbonyl (C=O) groups is 1. The van der Waals surface area contributed by atoms with Crippen molar-refractivity contribution in [3.63, 3.8) is 0 Å². The van der Waals surface area contributed by atoms with Crippen LogP contribution in [0.3, 0.4) is 0 Å². The fourth-order valence-electron chi connectivity index (χ4n) is 4.39. The van der Waals surface area contributed by atoms with Crippen molar-refractivity contribution in [3.8, 4) is 22.8 Å². The first-order chi connectivity index (χ1) is 19.4. The number of anilines is 1. The molecule has 1 unspecified atom stereocenters. The summed E-state index contributed by atoms with van der Waals surface area (Å²) in [4.78, 5) is 18.6. The highest BCUT2D eigenvalue weighted by Crippen LogP contribution is 2.40. The highest BCUT2D eigenvalue weighted by Gasteiger charge is 2.45. The van der Waals surface area contributed by atoms with E-state index in [-0.39, 0.29) is 28.6 Å². The first-order valence-corrected chi connectivity index (χ1v) is 14.0. The summed E-state index contributed by atoms with van der Waals surface area (Å²) < 4.78 is 88.3. The summed E-state index contributed by atoms with van der Waals surface area (Å²) >= 11 is 0. The van der Waals surface area contributed by atoms with Crippen molar-refractivity contribution in [2.24, 2.45) is 5.73 Å². The average molecular weight is 593 g/mol. The van der Waals surface area contributed by atoms with Crippen molar-refractivity contribution in [1.82, 2.24) is 20.3 Å². The lowest BCUT2D eigenvalue weighted by Gasteiger charge is -2.24. The van der Waals surface area contributed by atoms with Crippen molar-refractivity contribution in [1.29, 1.82) is 0 Å². The molecule has 11 nitrogen and oxygen atoms in total.